The number of ether oxygens (including phenoxy) is 1. The fourth-order valence-electron chi connectivity index (χ4n) is 1.86. The van der Waals surface area contributed by atoms with Crippen LogP contribution in [0.25, 0.3) is 0 Å². The second kappa shape index (κ2) is 8.10. The third kappa shape index (κ3) is 5.69. The normalized spacial score (nSPS) is 11.0. The first-order chi connectivity index (χ1) is 10.2. The molecule has 110 valence electrons. The van der Waals surface area contributed by atoms with Crippen LogP contribution in [0.1, 0.15) is 25.0 Å². The standard InChI is InChI=1S/C18H21NO2/c1-15(2)21-19-12-13-20-18-10-8-17(9-11-18)14-16-6-4-3-5-7-16/h3-12,15H,13-14H2,1-2H3/b19-12+. The molecule has 0 aliphatic carbocycles. The molecular weight excluding hydrogens is 262 g/mol. The van der Waals surface area contributed by atoms with Gasteiger partial charge in [0.1, 0.15) is 18.5 Å². The van der Waals surface area contributed by atoms with Crippen LogP contribution in [0.4, 0.5) is 0 Å². The quantitative estimate of drug-likeness (QED) is 0.566. The van der Waals surface area contributed by atoms with Crippen LogP contribution in [-0.2, 0) is 11.3 Å². The second-order valence-electron chi connectivity index (χ2n) is 5.06. The predicted octanol–water partition coefficient (Wildman–Crippen LogP) is 4.07. The molecule has 21 heavy (non-hydrogen) atoms. The van der Waals surface area contributed by atoms with Gasteiger partial charge in [-0.25, -0.2) is 0 Å². The lowest BCUT2D eigenvalue weighted by atomic mass is 10.1. The molecule has 0 radical (unpaired) electrons. The van der Waals surface area contributed by atoms with Gasteiger partial charge in [-0.05, 0) is 43.5 Å². The monoisotopic (exact) mass is 283 g/mol. The Labute approximate surface area is 126 Å². The number of hydrogen-bond donors (Lipinski definition) is 0. The average Bonchev–Trinajstić information content (AvgIpc) is 2.49. The molecule has 0 atom stereocenters. The molecule has 2 aromatic carbocycles. The minimum absolute atomic E-state index is 0.0959. The smallest absolute Gasteiger partial charge is 0.127 e. The Morgan fingerprint density at radius 2 is 1.62 bits per heavy atom. The first-order valence-electron chi connectivity index (χ1n) is 7.17. The Morgan fingerprint density at radius 3 is 2.29 bits per heavy atom. The van der Waals surface area contributed by atoms with Crippen LogP contribution in [0.5, 0.6) is 5.75 Å². The van der Waals surface area contributed by atoms with Gasteiger partial charge in [0.15, 0.2) is 0 Å². The van der Waals surface area contributed by atoms with E-state index in [9.17, 15) is 0 Å². The second-order valence-corrected chi connectivity index (χ2v) is 5.06. The van der Waals surface area contributed by atoms with Crippen LogP contribution in [0.3, 0.4) is 0 Å². The maximum atomic E-state index is 5.56. The maximum Gasteiger partial charge on any atom is 0.127 e. The highest BCUT2D eigenvalue weighted by Gasteiger charge is 1.97. The van der Waals surface area contributed by atoms with Gasteiger partial charge in [-0.2, -0.15) is 0 Å². The van der Waals surface area contributed by atoms with Gasteiger partial charge in [-0.1, -0.05) is 47.6 Å². The van der Waals surface area contributed by atoms with Crippen molar-refractivity contribution in [1.82, 2.24) is 0 Å². The summed E-state index contributed by atoms with van der Waals surface area (Å²) in [6, 6.07) is 18.6. The zero-order valence-electron chi connectivity index (χ0n) is 12.5. The summed E-state index contributed by atoms with van der Waals surface area (Å²) < 4.78 is 5.56. The lowest BCUT2D eigenvalue weighted by Crippen LogP contribution is -2.01. The van der Waals surface area contributed by atoms with Gasteiger partial charge in [0.2, 0.25) is 0 Å². The molecule has 3 nitrogen and oxygen atoms in total. The van der Waals surface area contributed by atoms with E-state index >= 15 is 0 Å². The fraction of sp³-hybridized carbons (Fsp3) is 0.278. The molecule has 0 aliphatic rings. The van der Waals surface area contributed by atoms with Gasteiger partial charge in [-0.3, -0.25) is 0 Å². The van der Waals surface area contributed by atoms with Gasteiger partial charge in [-0.15, -0.1) is 0 Å². The number of nitrogens with zero attached hydrogens (tertiary/aromatic N) is 1. The van der Waals surface area contributed by atoms with Crippen molar-refractivity contribution < 1.29 is 9.57 Å². The molecule has 0 unspecified atom stereocenters. The Hall–Kier alpha value is -2.29. The van der Waals surface area contributed by atoms with Crippen LogP contribution < -0.4 is 4.74 Å². The minimum atomic E-state index is 0.0959. The first-order valence-corrected chi connectivity index (χ1v) is 7.17. The van der Waals surface area contributed by atoms with Crippen molar-refractivity contribution >= 4 is 6.21 Å². The number of rotatable bonds is 7. The molecule has 0 bridgehead atoms. The van der Waals surface area contributed by atoms with Gasteiger partial charge in [0, 0.05) is 0 Å². The van der Waals surface area contributed by atoms with Gasteiger partial charge in [0.05, 0.1) is 6.21 Å². The molecule has 2 rings (SSSR count). The molecule has 0 aromatic heterocycles. The van der Waals surface area contributed by atoms with E-state index in [1.54, 1.807) is 6.21 Å². The van der Waals surface area contributed by atoms with Gasteiger partial charge < -0.3 is 9.57 Å². The van der Waals surface area contributed by atoms with Gasteiger partial charge >= 0.3 is 0 Å². The topological polar surface area (TPSA) is 30.8 Å². The van der Waals surface area contributed by atoms with E-state index in [4.69, 9.17) is 9.57 Å². The third-order valence-electron chi connectivity index (χ3n) is 2.85. The molecule has 0 N–H and O–H groups in total. The summed E-state index contributed by atoms with van der Waals surface area (Å²) in [4.78, 5) is 5.05. The summed E-state index contributed by atoms with van der Waals surface area (Å²) in [6.07, 6.45) is 2.65. The first kappa shape index (κ1) is 15.1. The van der Waals surface area contributed by atoms with Crippen LogP contribution in [0.2, 0.25) is 0 Å². The number of oxime groups is 1. The van der Waals surface area contributed by atoms with Crippen LogP contribution in [0.15, 0.2) is 59.8 Å². The predicted molar refractivity (Wildman–Crippen MR) is 85.9 cm³/mol. The van der Waals surface area contributed by atoms with Crippen molar-refractivity contribution in [3.63, 3.8) is 0 Å². The van der Waals surface area contributed by atoms with Crippen molar-refractivity contribution in [3.05, 3.63) is 65.7 Å². The summed E-state index contributed by atoms with van der Waals surface area (Å²) in [5.74, 6) is 0.836. The van der Waals surface area contributed by atoms with Crippen molar-refractivity contribution in [2.75, 3.05) is 6.61 Å². The lowest BCUT2D eigenvalue weighted by Gasteiger charge is -2.06. The highest BCUT2D eigenvalue weighted by atomic mass is 16.6. The molecule has 0 spiro atoms. The molecule has 0 amide bonds. The highest BCUT2D eigenvalue weighted by Crippen LogP contribution is 2.15. The molecule has 0 saturated carbocycles. The lowest BCUT2D eigenvalue weighted by molar-refractivity contribution is 0.0862. The highest BCUT2D eigenvalue weighted by molar-refractivity contribution is 5.58. The summed E-state index contributed by atoms with van der Waals surface area (Å²) in [5, 5.41) is 3.81. The van der Waals surface area contributed by atoms with E-state index < -0.39 is 0 Å². The van der Waals surface area contributed by atoms with E-state index in [2.05, 4.69) is 41.6 Å². The SMILES string of the molecule is CC(C)O/N=C/COc1ccc(Cc2ccccc2)cc1. The fourth-order valence-corrected chi connectivity index (χ4v) is 1.86. The Kier molecular flexibility index (Phi) is 5.83. The van der Waals surface area contributed by atoms with Crippen molar-refractivity contribution in [2.45, 2.75) is 26.4 Å². The van der Waals surface area contributed by atoms with Crippen LogP contribution >= 0.6 is 0 Å². The molecule has 0 aliphatic heterocycles. The Bertz CT molecular complexity index is 547. The Morgan fingerprint density at radius 1 is 0.952 bits per heavy atom. The third-order valence-corrected chi connectivity index (χ3v) is 2.85. The maximum absolute atomic E-state index is 5.56. The van der Waals surface area contributed by atoms with E-state index in [1.807, 2.05) is 32.0 Å². The molecule has 3 heteroatoms. The van der Waals surface area contributed by atoms with E-state index in [-0.39, 0.29) is 6.10 Å². The summed E-state index contributed by atoms with van der Waals surface area (Å²) in [6.45, 7) is 4.28. The average molecular weight is 283 g/mol. The molecule has 2 aromatic rings. The van der Waals surface area contributed by atoms with Crippen LogP contribution in [0, 0.1) is 0 Å². The van der Waals surface area contributed by atoms with E-state index in [1.165, 1.54) is 11.1 Å². The van der Waals surface area contributed by atoms with Crippen LogP contribution in [-0.4, -0.2) is 18.9 Å². The molecule has 0 saturated heterocycles. The summed E-state index contributed by atoms with van der Waals surface area (Å²) in [5.41, 5.74) is 2.58. The van der Waals surface area contributed by atoms with E-state index in [0.717, 1.165) is 12.2 Å². The zero-order valence-corrected chi connectivity index (χ0v) is 12.5. The Balaban J connectivity index is 1.81. The van der Waals surface area contributed by atoms with Crippen molar-refractivity contribution in [1.29, 1.82) is 0 Å². The number of benzene rings is 2. The largest absolute Gasteiger partial charge is 0.488 e. The molecular formula is C18H21NO2. The summed E-state index contributed by atoms with van der Waals surface area (Å²) >= 11 is 0. The van der Waals surface area contributed by atoms with Gasteiger partial charge in [0.25, 0.3) is 0 Å². The molecule has 0 fully saturated rings. The molecule has 0 heterocycles. The number of hydrogen-bond acceptors (Lipinski definition) is 3. The van der Waals surface area contributed by atoms with Crippen molar-refractivity contribution in [3.8, 4) is 5.75 Å². The van der Waals surface area contributed by atoms with E-state index in [0.29, 0.717) is 6.61 Å². The zero-order chi connectivity index (χ0) is 14.9. The minimum Gasteiger partial charge on any atom is -0.488 e. The summed E-state index contributed by atoms with van der Waals surface area (Å²) in [7, 11) is 0. The van der Waals surface area contributed by atoms with Crippen molar-refractivity contribution in [2.24, 2.45) is 5.16 Å².